The SMILES string of the molecule is CC(CC(N)=S)C(=O)NC1CCCC1. The Bertz CT molecular complexity index is 224. The Kier molecular flexibility index (Phi) is 4.32. The Morgan fingerprint density at radius 1 is 1.57 bits per heavy atom. The molecule has 0 aliphatic heterocycles. The van der Waals surface area contributed by atoms with E-state index < -0.39 is 0 Å². The van der Waals surface area contributed by atoms with Gasteiger partial charge >= 0.3 is 0 Å². The molecule has 1 atom stereocenters. The summed E-state index contributed by atoms with van der Waals surface area (Å²) >= 11 is 4.77. The molecule has 0 heterocycles. The summed E-state index contributed by atoms with van der Waals surface area (Å²) < 4.78 is 0. The summed E-state index contributed by atoms with van der Waals surface area (Å²) in [7, 11) is 0. The van der Waals surface area contributed by atoms with Gasteiger partial charge in [-0.3, -0.25) is 4.79 Å². The lowest BCUT2D eigenvalue weighted by atomic mass is 10.1. The molecule has 80 valence electrons. The summed E-state index contributed by atoms with van der Waals surface area (Å²) in [4.78, 5) is 12.0. The molecule has 3 nitrogen and oxygen atoms in total. The molecule has 0 aromatic heterocycles. The van der Waals surface area contributed by atoms with Crippen LogP contribution in [-0.2, 0) is 4.79 Å². The zero-order chi connectivity index (χ0) is 10.6. The smallest absolute Gasteiger partial charge is 0.223 e. The van der Waals surface area contributed by atoms with Crippen LogP contribution in [0.1, 0.15) is 39.0 Å². The lowest BCUT2D eigenvalue weighted by Gasteiger charge is -2.15. The molecule has 1 aliphatic rings. The molecular formula is C10H18N2OS. The summed E-state index contributed by atoms with van der Waals surface area (Å²) in [6.45, 7) is 1.86. The second-order valence-electron chi connectivity index (χ2n) is 4.06. The number of nitrogens with two attached hydrogens (primary N) is 1. The summed E-state index contributed by atoms with van der Waals surface area (Å²) in [5.41, 5.74) is 5.39. The van der Waals surface area contributed by atoms with Crippen LogP contribution < -0.4 is 11.1 Å². The summed E-state index contributed by atoms with van der Waals surface area (Å²) in [5, 5.41) is 3.03. The fourth-order valence-corrected chi connectivity index (χ4v) is 2.06. The van der Waals surface area contributed by atoms with Crippen molar-refractivity contribution in [2.75, 3.05) is 0 Å². The Hall–Kier alpha value is -0.640. The summed E-state index contributed by atoms with van der Waals surface area (Å²) in [5.74, 6) is -0.00204. The number of rotatable bonds is 4. The number of hydrogen-bond acceptors (Lipinski definition) is 2. The van der Waals surface area contributed by atoms with Gasteiger partial charge in [-0.2, -0.15) is 0 Å². The maximum atomic E-state index is 11.6. The predicted octanol–water partition coefficient (Wildman–Crippen LogP) is 1.36. The van der Waals surface area contributed by atoms with Crippen molar-refractivity contribution in [3.05, 3.63) is 0 Å². The first kappa shape index (κ1) is 11.4. The Balaban J connectivity index is 2.29. The van der Waals surface area contributed by atoms with Gasteiger partial charge in [-0.15, -0.1) is 0 Å². The maximum Gasteiger partial charge on any atom is 0.223 e. The van der Waals surface area contributed by atoms with Crippen molar-refractivity contribution in [1.82, 2.24) is 5.32 Å². The molecule has 3 N–H and O–H groups in total. The molecule has 1 unspecified atom stereocenters. The fraction of sp³-hybridized carbons (Fsp3) is 0.800. The first-order valence-electron chi connectivity index (χ1n) is 5.18. The molecule has 0 radical (unpaired) electrons. The van der Waals surface area contributed by atoms with E-state index in [2.05, 4.69) is 5.32 Å². The van der Waals surface area contributed by atoms with Crippen molar-refractivity contribution in [3.8, 4) is 0 Å². The minimum Gasteiger partial charge on any atom is -0.393 e. The van der Waals surface area contributed by atoms with Crippen LogP contribution in [0.15, 0.2) is 0 Å². The number of nitrogens with one attached hydrogen (secondary N) is 1. The normalized spacial score (nSPS) is 19.2. The third-order valence-electron chi connectivity index (χ3n) is 2.66. The van der Waals surface area contributed by atoms with Gasteiger partial charge in [0.05, 0.1) is 4.99 Å². The molecule has 0 saturated heterocycles. The highest BCUT2D eigenvalue weighted by molar-refractivity contribution is 7.80. The van der Waals surface area contributed by atoms with Gasteiger partial charge in [0, 0.05) is 18.4 Å². The third kappa shape index (κ3) is 3.62. The molecule has 14 heavy (non-hydrogen) atoms. The maximum absolute atomic E-state index is 11.6. The van der Waals surface area contributed by atoms with Crippen LogP contribution in [0.2, 0.25) is 0 Å². The zero-order valence-corrected chi connectivity index (χ0v) is 9.40. The van der Waals surface area contributed by atoms with Gasteiger partial charge in [0.15, 0.2) is 0 Å². The average molecular weight is 214 g/mol. The number of thiocarbonyl (C=S) groups is 1. The van der Waals surface area contributed by atoms with Gasteiger partial charge in [-0.25, -0.2) is 0 Å². The molecule has 1 amide bonds. The van der Waals surface area contributed by atoms with Crippen LogP contribution in [0.5, 0.6) is 0 Å². The topological polar surface area (TPSA) is 55.1 Å². The highest BCUT2D eigenvalue weighted by Crippen LogP contribution is 2.18. The van der Waals surface area contributed by atoms with Crippen molar-refractivity contribution in [2.45, 2.75) is 45.1 Å². The van der Waals surface area contributed by atoms with Crippen molar-refractivity contribution >= 4 is 23.1 Å². The standard InChI is InChI=1S/C10H18N2OS/c1-7(6-9(11)14)10(13)12-8-4-2-3-5-8/h7-8H,2-6H2,1H3,(H2,11,14)(H,12,13). The highest BCUT2D eigenvalue weighted by atomic mass is 32.1. The molecule has 1 fully saturated rings. The molecule has 0 aromatic carbocycles. The van der Waals surface area contributed by atoms with Crippen molar-refractivity contribution in [3.63, 3.8) is 0 Å². The third-order valence-corrected chi connectivity index (χ3v) is 2.82. The number of amides is 1. The van der Waals surface area contributed by atoms with E-state index in [1.54, 1.807) is 0 Å². The number of carbonyl (C=O) groups is 1. The van der Waals surface area contributed by atoms with Crippen molar-refractivity contribution in [2.24, 2.45) is 11.7 Å². The van der Waals surface area contributed by atoms with Gasteiger partial charge in [0.2, 0.25) is 5.91 Å². The summed E-state index contributed by atoms with van der Waals surface area (Å²) in [6.07, 6.45) is 5.20. The summed E-state index contributed by atoms with van der Waals surface area (Å²) in [6, 6.07) is 0.385. The minimum atomic E-state index is -0.0897. The largest absolute Gasteiger partial charge is 0.393 e. The van der Waals surface area contributed by atoms with Crippen LogP contribution in [0, 0.1) is 5.92 Å². The van der Waals surface area contributed by atoms with E-state index in [0.29, 0.717) is 17.5 Å². The van der Waals surface area contributed by atoms with Crippen LogP contribution in [-0.4, -0.2) is 16.9 Å². The molecule has 4 heteroatoms. The molecule has 0 spiro atoms. The van der Waals surface area contributed by atoms with E-state index in [9.17, 15) is 4.79 Å². The molecule has 1 rings (SSSR count). The highest BCUT2D eigenvalue weighted by Gasteiger charge is 2.20. The Morgan fingerprint density at radius 3 is 2.64 bits per heavy atom. The molecular weight excluding hydrogens is 196 g/mol. The van der Waals surface area contributed by atoms with Crippen LogP contribution in [0.25, 0.3) is 0 Å². The predicted molar refractivity (Wildman–Crippen MR) is 61.0 cm³/mol. The lowest BCUT2D eigenvalue weighted by molar-refractivity contribution is -0.124. The van der Waals surface area contributed by atoms with Crippen LogP contribution >= 0.6 is 12.2 Å². The van der Waals surface area contributed by atoms with Crippen LogP contribution in [0.3, 0.4) is 0 Å². The fourth-order valence-electron chi connectivity index (χ4n) is 1.81. The Morgan fingerprint density at radius 2 is 2.14 bits per heavy atom. The van der Waals surface area contributed by atoms with Gasteiger partial charge in [-0.05, 0) is 12.8 Å². The van der Waals surface area contributed by atoms with E-state index in [4.69, 9.17) is 18.0 Å². The van der Waals surface area contributed by atoms with E-state index in [-0.39, 0.29) is 11.8 Å². The monoisotopic (exact) mass is 214 g/mol. The Labute approximate surface area is 90.4 Å². The van der Waals surface area contributed by atoms with Gasteiger partial charge in [0.1, 0.15) is 0 Å². The second-order valence-corrected chi connectivity index (χ2v) is 4.59. The van der Waals surface area contributed by atoms with E-state index in [1.807, 2.05) is 6.92 Å². The number of hydrogen-bond donors (Lipinski definition) is 2. The molecule has 0 bridgehead atoms. The minimum absolute atomic E-state index is 0.0877. The van der Waals surface area contributed by atoms with Gasteiger partial charge in [0.25, 0.3) is 0 Å². The van der Waals surface area contributed by atoms with Crippen LogP contribution in [0.4, 0.5) is 0 Å². The molecule has 1 saturated carbocycles. The van der Waals surface area contributed by atoms with E-state index in [0.717, 1.165) is 12.8 Å². The zero-order valence-electron chi connectivity index (χ0n) is 8.58. The molecule has 0 aromatic rings. The van der Waals surface area contributed by atoms with Crippen molar-refractivity contribution in [1.29, 1.82) is 0 Å². The van der Waals surface area contributed by atoms with E-state index in [1.165, 1.54) is 12.8 Å². The second kappa shape index (κ2) is 5.29. The van der Waals surface area contributed by atoms with Gasteiger partial charge < -0.3 is 11.1 Å². The quantitative estimate of drug-likeness (QED) is 0.695. The first-order valence-corrected chi connectivity index (χ1v) is 5.59. The molecule has 1 aliphatic carbocycles. The van der Waals surface area contributed by atoms with Crippen molar-refractivity contribution < 1.29 is 4.79 Å². The van der Waals surface area contributed by atoms with E-state index >= 15 is 0 Å². The number of carbonyl (C=O) groups excluding carboxylic acids is 1. The first-order chi connectivity index (χ1) is 6.59. The average Bonchev–Trinajstić information content (AvgIpc) is 2.55. The van der Waals surface area contributed by atoms with Gasteiger partial charge in [-0.1, -0.05) is 32.0 Å². The lowest BCUT2D eigenvalue weighted by Crippen LogP contribution is -2.37.